The van der Waals surface area contributed by atoms with E-state index in [1.807, 2.05) is 16.7 Å². The molecule has 0 spiro atoms. The molecule has 0 bridgehead atoms. The molecule has 118 valence electrons. The fourth-order valence-corrected chi connectivity index (χ4v) is 3.05. The summed E-state index contributed by atoms with van der Waals surface area (Å²) in [6, 6.07) is 5.46. The van der Waals surface area contributed by atoms with E-state index in [9.17, 15) is 4.79 Å². The molecule has 1 aliphatic rings. The fraction of sp³-hybridized carbons (Fsp3) is 0.529. The SMILES string of the molecule is CCN(CC)CC1(n2cnc3ccc(OC)cc3c2=O)CC1. The van der Waals surface area contributed by atoms with Crippen molar-refractivity contribution in [3.05, 3.63) is 34.9 Å². The van der Waals surface area contributed by atoms with E-state index >= 15 is 0 Å². The van der Waals surface area contributed by atoms with Crippen molar-refractivity contribution in [3.8, 4) is 5.75 Å². The highest BCUT2D eigenvalue weighted by Gasteiger charge is 2.46. The maximum Gasteiger partial charge on any atom is 0.261 e. The molecule has 1 heterocycles. The molecule has 3 rings (SSSR count). The van der Waals surface area contributed by atoms with Crippen LogP contribution in [0.25, 0.3) is 10.9 Å². The van der Waals surface area contributed by atoms with Crippen LogP contribution in [0.3, 0.4) is 0 Å². The first kappa shape index (κ1) is 15.0. The highest BCUT2D eigenvalue weighted by atomic mass is 16.5. The summed E-state index contributed by atoms with van der Waals surface area (Å²) < 4.78 is 7.07. The third-order valence-corrected chi connectivity index (χ3v) is 4.72. The number of benzene rings is 1. The van der Waals surface area contributed by atoms with Gasteiger partial charge in [-0.1, -0.05) is 13.8 Å². The minimum absolute atomic E-state index is 0.0357. The third-order valence-electron chi connectivity index (χ3n) is 4.72. The normalized spacial score (nSPS) is 16.2. The van der Waals surface area contributed by atoms with E-state index in [1.165, 1.54) is 0 Å². The van der Waals surface area contributed by atoms with Gasteiger partial charge in [0.25, 0.3) is 5.56 Å². The van der Waals surface area contributed by atoms with E-state index in [2.05, 4.69) is 23.7 Å². The summed E-state index contributed by atoms with van der Waals surface area (Å²) in [6.07, 6.45) is 3.80. The van der Waals surface area contributed by atoms with Gasteiger partial charge in [-0.25, -0.2) is 4.98 Å². The summed E-state index contributed by atoms with van der Waals surface area (Å²) in [4.78, 5) is 19.7. The predicted molar refractivity (Wildman–Crippen MR) is 87.6 cm³/mol. The van der Waals surface area contributed by atoms with Crippen molar-refractivity contribution < 1.29 is 4.74 Å². The number of likely N-dealkylation sites (N-methyl/N-ethyl adjacent to an activating group) is 1. The van der Waals surface area contributed by atoms with Crippen LogP contribution in [0.4, 0.5) is 0 Å². The summed E-state index contributed by atoms with van der Waals surface area (Å²) in [7, 11) is 1.61. The van der Waals surface area contributed by atoms with Crippen molar-refractivity contribution in [2.75, 3.05) is 26.7 Å². The van der Waals surface area contributed by atoms with E-state index in [0.29, 0.717) is 11.1 Å². The van der Waals surface area contributed by atoms with Crippen molar-refractivity contribution in [2.24, 2.45) is 0 Å². The molecular weight excluding hydrogens is 278 g/mol. The van der Waals surface area contributed by atoms with Crippen molar-refractivity contribution in [2.45, 2.75) is 32.2 Å². The fourth-order valence-electron chi connectivity index (χ4n) is 3.05. The summed E-state index contributed by atoms with van der Waals surface area (Å²) in [5, 5.41) is 0.632. The first-order chi connectivity index (χ1) is 10.6. The quantitative estimate of drug-likeness (QED) is 0.821. The highest BCUT2D eigenvalue weighted by Crippen LogP contribution is 2.43. The zero-order valence-corrected chi connectivity index (χ0v) is 13.5. The van der Waals surface area contributed by atoms with Crippen molar-refractivity contribution in [3.63, 3.8) is 0 Å². The number of rotatable bonds is 6. The Morgan fingerprint density at radius 2 is 2.05 bits per heavy atom. The second-order valence-electron chi connectivity index (χ2n) is 5.99. The smallest absolute Gasteiger partial charge is 0.261 e. The molecule has 0 unspecified atom stereocenters. The molecule has 0 N–H and O–H groups in total. The van der Waals surface area contributed by atoms with Crippen molar-refractivity contribution >= 4 is 10.9 Å². The molecule has 1 aromatic heterocycles. The van der Waals surface area contributed by atoms with Gasteiger partial charge in [0, 0.05) is 6.54 Å². The molecule has 5 heteroatoms. The van der Waals surface area contributed by atoms with E-state index in [-0.39, 0.29) is 11.1 Å². The molecule has 22 heavy (non-hydrogen) atoms. The molecule has 5 nitrogen and oxygen atoms in total. The Labute approximate surface area is 130 Å². The lowest BCUT2D eigenvalue weighted by Gasteiger charge is -2.26. The minimum atomic E-state index is -0.0760. The summed E-state index contributed by atoms with van der Waals surface area (Å²) >= 11 is 0. The van der Waals surface area contributed by atoms with Gasteiger partial charge in [-0.2, -0.15) is 0 Å². The van der Waals surface area contributed by atoms with Crippen LogP contribution in [0, 0.1) is 0 Å². The zero-order valence-electron chi connectivity index (χ0n) is 13.5. The van der Waals surface area contributed by atoms with Crippen LogP contribution in [0.15, 0.2) is 29.3 Å². The molecular formula is C17H23N3O2. The lowest BCUT2D eigenvalue weighted by Crippen LogP contribution is -2.40. The van der Waals surface area contributed by atoms with Crippen LogP contribution in [0.1, 0.15) is 26.7 Å². The highest BCUT2D eigenvalue weighted by molar-refractivity contribution is 5.79. The third kappa shape index (κ3) is 2.50. The number of nitrogens with zero attached hydrogens (tertiary/aromatic N) is 3. The van der Waals surface area contributed by atoms with Crippen molar-refractivity contribution in [1.29, 1.82) is 0 Å². The molecule has 1 aliphatic carbocycles. The van der Waals surface area contributed by atoms with Crippen LogP contribution in [-0.2, 0) is 5.54 Å². The Morgan fingerprint density at radius 3 is 2.64 bits per heavy atom. The predicted octanol–water partition coefficient (Wildman–Crippen LogP) is 2.24. The Morgan fingerprint density at radius 1 is 1.32 bits per heavy atom. The first-order valence-electron chi connectivity index (χ1n) is 7.92. The zero-order chi connectivity index (χ0) is 15.7. The van der Waals surface area contributed by atoms with Crippen LogP contribution >= 0.6 is 0 Å². The molecule has 0 radical (unpaired) electrons. The second-order valence-corrected chi connectivity index (χ2v) is 5.99. The van der Waals surface area contributed by atoms with Gasteiger partial charge >= 0.3 is 0 Å². The standard InChI is InChI=1S/C17H23N3O2/c1-4-19(5-2)11-17(8-9-17)20-12-18-15-7-6-13(22-3)10-14(15)16(20)21/h6-7,10,12H,4-5,8-9,11H2,1-3H3. The van der Waals surface area contributed by atoms with Gasteiger partial charge in [-0.15, -0.1) is 0 Å². The lowest BCUT2D eigenvalue weighted by molar-refractivity contribution is 0.236. The Kier molecular flexibility index (Phi) is 3.91. The molecule has 0 saturated heterocycles. The van der Waals surface area contributed by atoms with Gasteiger partial charge in [0.2, 0.25) is 0 Å². The average molecular weight is 301 g/mol. The van der Waals surface area contributed by atoms with Crippen LogP contribution < -0.4 is 10.3 Å². The van der Waals surface area contributed by atoms with E-state index in [4.69, 9.17) is 4.74 Å². The Bertz CT molecular complexity index is 730. The molecule has 1 fully saturated rings. The van der Waals surface area contributed by atoms with Gasteiger partial charge in [0.15, 0.2) is 0 Å². The molecule has 0 atom stereocenters. The van der Waals surface area contributed by atoms with E-state index < -0.39 is 0 Å². The van der Waals surface area contributed by atoms with Gasteiger partial charge in [0.1, 0.15) is 5.75 Å². The number of hydrogen-bond donors (Lipinski definition) is 0. The molecule has 0 aliphatic heterocycles. The average Bonchev–Trinajstić information content (AvgIpc) is 3.33. The van der Waals surface area contributed by atoms with Gasteiger partial charge in [-0.05, 0) is 44.1 Å². The maximum atomic E-state index is 12.9. The Balaban J connectivity index is 2.04. The van der Waals surface area contributed by atoms with Gasteiger partial charge in [-0.3, -0.25) is 9.36 Å². The monoisotopic (exact) mass is 301 g/mol. The van der Waals surface area contributed by atoms with Gasteiger partial charge < -0.3 is 9.64 Å². The number of hydrogen-bond acceptors (Lipinski definition) is 4. The second kappa shape index (κ2) is 5.72. The Hall–Kier alpha value is -1.88. The van der Waals surface area contributed by atoms with E-state index in [1.54, 1.807) is 19.5 Å². The largest absolute Gasteiger partial charge is 0.497 e. The first-order valence-corrected chi connectivity index (χ1v) is 7.92. The van der Waals surface area contributed by atoms with Crippen molar-refractivity contribution in [1.82, 2.24) is 14.5 Å². The number of methoxy groups -OCH3 is 1. The topological polar surface area (TPSA) is 47.4 Å². The molecule has 0 amide bonds. The van der Waals surface area contributed by atoms with E-state index in [0.717, 1.165) is 38.0 Å². The molecule has 1 aromatic carbocycles. The minimum Gasteiger partial charge on any atom is -0.497 e. The number of ether oxygens (including phenoxy) is 1. The summed E-state index contributed by atoms with van der Waals surface area (Å²) in [6.45, 7) is 7.23. The number of fused-ring (bicyclic) bond motifs is 1. The lowest BCUT2D eigenvalue weighted by atomic mass is 10.2. The molecule has 2 aromatic rings. The summed E-state index contributed by atoms with van der Waals surface area (Å²) in [5.74, 6) is 0.692. The number of aromatic nitrogens is 2. The maximum absolute atomic E-state index is 12.9. The summed E-state index contributed by atoms with van der Waals surface area (Å²) in [5.41, 5.74) is 0.683. The van der Waals surface area contributed by atoms with Crippen LogP contribution in [0.5, 0.6) is 5.75 Å². The van der Waals surface area contributed by atoms with Gasteiger partial charge in [0.05, 0.1) is 29.9 Å². The molecule has 1 saturated carbocycles. The van der Waals surface area contributed by atoms with Crippen LogP contribution in [-0.4, -0.2) is 41.2 Å². The van der Waals surface area contributed by atoms with Crippen LogP contribution in [0.2, 0.25) is 0 Å².